The molecule has 1 saturated heterocycles. The molecule has 1 unspecified atom stereocenters. The van der Waals surface area contributed by atoms with E-state index in [2.05, 4.69) is 4.90 Å². The minimum absolute atomic E-state index is 0.266. The van der Waals surface area contributed by atoms with Crippen molar-refractivity contribution in [3.05, 3.63) is 41.0 Å². The molecule has 0 amide bonds. The standard InChI is InChI=1S/C19H23NO5/c1-3-24-18(22)16-12-15-6-4-5-7-17(15)19(13-16,25-14(2)21)20-8-10-23-11-9-20/h4-7,12H,3,8-11,13H2,1-2H3. The van der Waals surface area contributed by atoms with Gasteiger partial charge in [-0.25, -0.2) is 4.79 Å². The van der Waals surface area contributed by atoms with Crippen LogP contribution in [0, 0.1) is 0 Å². The molecule has 6 nitrogen and oxygen atoms in total. The Morgan fingerprint density at radius 3 is 2.64 bits per heavy atom. The fourth-order valence-electron chi connectivity index (χ4n) is 3.53. The minimum atomic E-state index is -1.01. The van der Waals surface area contributed by atoms with Crippen LogP contribution in [-0.4, -0.2) is 49.7 Å². The lowest BCUT2D eigenvalue weighted by atomic mass is 9.83. The molecule has 25 heavy (non-hydrogen) atoms. The minimum Gasteiger partial charge on any atom is -0.463 e. The van der Waals surface area contributed by atoms with Crippen LogP contribution in [0.4, 0.5) is 0 Å². The van der Waals surface area contributed by atoms with Crippen LogP contribution >= 0.6 is 0 Å². The van der Waals surface area contributed by atoms with E-state index in [1.807, 2.05) is 30.3 Å². The molecule has 1 aromatic carbocycles. The van der Waals surface area contributed by atoms with Crippen molar-refractivity contribution in [2.75, 3.05) is 32.9 Å². The summed E-state index contributed by atoms with van der Waals surface area (Å²) in [5, 5.41) is 0. The highest BCUT2D eigenvalue weighted by molar-refractivity contribution is 5.95. The van der Waals surface area contributed by atoms with Gasteiger partial charge in [-0.15, -0.1) is 0 Å². The second kappa shape index (κ2) is 7.37. The number of ether oxygens (including phenoxy) is 3. The van der Waals surface area contributed by atoms with E-state index < -0.39 is 5.72 Å². The number of hydrogen-bond acceptors (Lipinski definition) is 6. The Hall–Kier alpha value is -2.18. The van der Waals surface area contributed by atoms with Gasteiger partial charge in [-0.1, -0.05) is 24.3 Å². The molecule has 134 valence electrons. The first-order valence-corrected chi connectivity index (χ1v) is 8.56. The molecule has 1 aliphatic heterocycles. The van der Waals surface area contributed by atoms with Gasteiger partial charge in [0.05, 0.1) is 19.8 Å². The Bertz CT molecular complexity index is 693. The van der Waals surface area contributed by atoms with E-state index in [1.165, 1.54) is 6.92 Å². The Labute approximate surface area is 147 Å². The Kier molecular flexibility index (Phi) is 5.20. The molecule has 1 aliphatic carbocycles. The van der Waals surface area contributed by atoms with Gasteiger partial charge in [-0.3, -0.25) is 9.69 Å². The monoisotopic (exact) mass is 345 g/mol. The summed E-state index contributed by atoms with van der Waals surface area (Å²) in [6, 6.07) is 7.70. The van der Waals surface area contributed by atoms with Gasteiger partial charge >= 0.3 is 11.9 Å². The zero-order chi connectivity index (χ0) is 17.9. The largest absolute Gasteiger partial charge is 0.463 e. The first kappa shape index (κ1) is 17.6. The average molecular weight is 345 g/mol. The zero-order valence-corrected chi connectivity index (χ0v) is 14.6. The normalized spacial score (nSPS) is 23.4. The Balaban J connectivity index is 2.10. The molecule has 3 rings (SSSR count). The number of rotatable bonds is 4. The smallest absolute Gasteiger partial charge is 0.334 e. The first-order chi connectivity index (χ1) is 12.1. The molecule has 1 aromatic rings. The topological polar surface area (TPSA) is 65.1 Å². The fourth-order valence-corrected chi connectivity index (χ4v) is 3.53. The van der Waals surface area contributed by atoms with Crippen molar-refractivity contribution in [2.45, 2.75) is 26.0 Å². The number of benzene rings is 1. The van der Waals surface area contributed by atoms with Crippen molar-refractivity contribution in [2.24, 2.45) is 0 Å². The molecular weight excluding hydrogens is 322 g/mol. The van der Waals surface area contributed by atoms with Crippen molar-refractivity contribution >= 4 is 18.0 Å². The summed E-state index contributed by atoms with van der Waals surface area (Å²) in [5.41, 5.74) is 1.25. The van der Waals surface area contributed by atoms with E-state index in [-0.39, 0.29) is 18.4 Å². The van der Waals surface area contributed by atoms with Gasteiger partial charge in [0.15, 0.2) is 5.72 Å². The number of morpholine rings is 1. The second-order valence-corrected chi connectivity index (χ2v) is 6.13. The molecule has 1 atom stereocenters. The lowest BCUT2D eigenvalue weighted by Gasteiger charge is -2.47. The summed E-state index contributed by atoms with van der Waals surface area (Å²) in [6.45, 7) is 5.84. The van der Waals surface area contributed by atoms with Crippen molar-refractivity contribution in [3.8, 4) is 0 Å². The highest BCUT2D eigenvalue weighted by Gasteiger charge is 2.47. The lowest BCUT2D eigenvalue weighted by molar-refractivity contribution is -0.198. The lowest BCUT2D eigenvalue weighted by Crippen LogP contribution is -2.55. The van der Waals surface area contributed by atoms with Crippen LogP contribution in [0.15, 0.2) is 29.8 Å². The predicted molar refractivity (Wildman–Crippen MR) is 91.5 cm³/mol. The van der Waals surface area contributed by atoms with Gasteiger partial charge in [-0.2, -0.15) is 0 Å². The summed E-state index contributed by atoms with van der Waals surface area (Å²) in [5.74, 6) is -0.756. The van der Waals surface area contributed by atoms with Crippen LogP contribution in [0.2, 0.25) is 0 Å². The summed E-state index contributed by atoms with van der Waals surface area (Å²) in [4.78, 5) is 26.4. The van der Waals surface area contributed by atoms with E-state index in [9.17, 15) is 9.59 Å². The molecule has 0 radical (unpaired) electrons. The van der Waals surface area contributed by atoms with Gasteiger partial charge in [0.25, 0.3) is 0 Å². The number of fused-ring (bicyclic) bond motifs is 1. The number of hydrogen-bond donors (Lipinski definition) is 0. The van der Waals surface area contributed by atoms with Crippen molar-refractivity contribution < 1.29 is 23.8 Å². The Morgan fingerprint density at radius 2 is 1.96 bits per heavy atom. The molecule has 0 saturated carbocycles. The van der Waals surface area contributed by atoms with E-state index in [0.29, 0.717) is 38.5 Å². The third-order valence-corrected chi connectivity index (χ3v) is 4.51. The van der Waals surface area contributed by atoms with Gasteiger partial charge in [-0.05, 0) is 18.6 Å². The summed E-state index contributed by atoms with van der Waals surface area (Å²) >= 11 is 0. The highest BCUT2D eigenvalue weighted by atomic mass is 16.6. The third kappa shape index (κ3) is 3.45. The molecule has 0 bridgehead atoms. The van der Waals surface area contributed by atoms with E-state index in [4.69, 9.17) is 14.2 Å². The summed E-state index contributed by atoms with van der Waals surface area (Å²) in [7, 11) is 0. The van der Waals surface area contributed by atoms with Crippen LogP contribution in [0.1, 0.15) is 31.4 Å². The summed E-state index contributed by atoms with van der Waals surface area (Å²) < 4.78 is 16.5. The molecule has 1 fully saturated rings. The van der Waals surface area contributed by atoms with Crippen LogP contribution in [-0.2, 0) is 29.5 Å². The zero-order valence-electron chi connectivity index (χ0n) is 14.6. The van der Waals surface area contributed by atoms with Crippen molar-refractivity contribution in [1.82, 2.24) is 4.90 Å². The van der Waals surface area contributed by atoms with Crippen LogP contribution in [0.25, 0.3) is 6.08 Å². The highest BCUT2D eigenvalue weighted by Crippen LogP contribution is 2.43. The molecule has 6 heteroatoms. The maximum Gasteiger partial charge on any atom is 0.334 e. The van der Waals surface area contributed by atoms with E-state index in [0.717, 1.165) is 11.1 Å². The molecule has 0 N–H and O–H groups in total. The summed E-state index contributed by atoms with van der Waals surface area (Å²) in [6.07, 6.45) is 2.10. The third-order valence-electron chi connectivity index (χ3n) is 4.51. The van der Waals surface area contributed by atoms with Crippen molar-refractivity contribution in [1.29, 1.82) is 0 Å². The second-order valence-electron chi connectivity index (χ2n) is 6.13. The predicted octanol–water partition coefficient (Wildman–Crippen LogP) is 2.08. The maximum absolute atomic E-state index is 12.4. The molecule has 1 heterocycles. The SMILES string of the molecule is CCOC(=O)C1=Cc2ccccc2C(OC(C)=O)(N2CCOCC2)C1. The maximum atomic E-state index is 12.4. The van der Waals surface area contributed by atoms with E-state index in [1.54, 1.807) is 6.92 Å². The van der Waals surface area contributed by atoms with Gasteiger partial charge in [0, 0.05) is 37.6 Å². The molecule has 0 aromatic heterocycles. The average Bonchev–Trinajstić information content (AvgIpc) is 2.62. The van der Waals surface area contributed by atoms with Crippen LogP contribution in [0.5, 0.6) is 0 Å². The molecular formula is C19H23NO5. The number of carbonyl (C=O) groups excluding carboxylic acids is 2. The number of nitrogens with zero attached hydrogens (tertiary/aromatic N) is 1. The first-order valence-electron chi connectivity index (χ1n) is 8.56. The van der Waals surface area contributed by atoms with Gasteiger partial charge < -0.3 is 14.2 Å². The fraction of sp³-hybridized carbons (Fsp3) is 0.474. The quantitative estimate of drug-likeness (QED) is 0.779. The van der Waals surface area contributed by atoms with Crippen molar-refractivity contribution in [3.63, 3.8) is 0 Å². The number of carbonyl (C=O) groups is 2. The Morgan fingerprint density at radius 1 is 1.24 bits per heavy atom. The van der Waals surface area contributed by atoms with Gasteiger partial charge in [0.2, 0.25) is 0 Å². The van der Waals surface area contributed by atoms with Crippen LogP contribution < -0.4 is 0 Å². The number of esters is 2. The molecule has 0 spiro atoms. The van der Waals surface area contributed by atoms with Crippen LogP contribution in [0.3, 0.4) is 0 Å². The van der Waals surface area contributed by atoms with Gasteiger partial charge in [0.1, 0.15) is 0 Å². The van der Waals surface area contributed by atoms with E-state index >= 15 is 0 Å². The molecule has 2 aliphatic rings.